The fraction of sp³-hybridized carbons (Fsp3) is 0.258. The van der Waals surface area contributed by atoms with Crippen molar-refractivity contribution in [2.75, 3.05) is 33.9 Å². The van der Waals surface area contributed by atoms with Crippen molar-refractivity contribution in [3.8, 4) is 28.7 Å². The molecular formula is C31H30N6O7. The van der Waals surface area contributed by atoms with Gasteiger partial charge in [0.15, 0.2) is 29.6 Å². The Morgan fingerprint density at radius 3 is 2.52 bits per heavy atom. The summed E-state index contributed by atoms with van der Waals surface area (Å²) in [5, 5.41) is 13.6. The van der Waals surface area contributed by atoms with E-state index in [9.17, 15) is 14.4 Å². The highest BCUT2D eigenvalue weighted by Crippen LogP contribution is 2.32. The maximum Gasteiger partial charge on any atom is 0.258 e. The van der Waals surface area contributed by atoms with Gasteiger partial charge in [0.1, 0.15) is 18.8 Å². The number of carbonyl (C=O) groups is 3. The molecule has 13 nitrogen and oxygen atoms in total. The van der Waals surface area contributed by atoms with Crippen molar-refractivity contribution in [3.63, 3.8) is 0 Å². The molecule has 226 valence electrons. The first-order valence-corrected chi connectivity index (χ1v) is 13.9. The minimum absolute atomic E-state index is 0.185. The number of nitrogens with one attached hydrogen (secondary N) is 2. The number of nitrogens with zero attached hydrogens (tertiary/aromatic N) is 4. The van der Waals surface area contributed by atoms with Crippen LogP contribution in [0.25, 0.3) is 5.69 Å². The van der Waals surface area contributed by atoms with Crippen LogP contribution in [0.2, 0.25) is 0 Å². The van der Waals surface area contributed by atoms with E-state index in [0.29, 0.717) is 28.5 Å². The zero-order valence-corrected chi connectivity index (χ0v) is 24.1. The van der Waals surface area contributed by atoms with Gasteiger partial charge in [-0.05, 0) is 48.0 Å². The highest BCUT2D eigenvalue weighted by Gasteiger charge is 2.39. The maximum atomic E-state index is 13.9. The number of fused-ring (bicyclic) bond motifs is 7. The van der Waals surface area contributed by atoms with E-state index in [1.165, 1.54) is 32.9 Å². The van der Waals surface area contributed by atoms with E-state index in [1.54, 1.807) is 45.9 Å². The molecular weight excluding hydrogens is 568 g/mol. The highest BCUT2D eigenvalue weighted by molar-refractivity contribution is 5.98. The second-order valence-corrected chi connectivity index (χ2v) is 10.2. The molecule has 7 rings (SSSR count). The number of rotatable bonds is 4. The summed E-state index contributed by atoms with van der Waals surface area (Å²) in [7, 11) is 2.99. The quantitative estimate of drug-likeness (QED) is 0.360. The second kappa shape index (κ2) is 12.3. The molecule has 4 heterocycles. The van der Waals surface area contributed by atoms with Gasteiger partial charge in [0.2, 0.25) is 0 Å². The van der Waals surface area contributed by atoms with E-state index >= 15 is 0 Å². The Labute approximate surface area is 252 Å². The molecule has 4 bridgehead atoms. The Hall–Kier alpha value is -5.59. The van der Waals surface area contributed by atoms with Gasteiger partial charge in [-0.3, -0.25) is 19.0 Å². The van der Waals surface area contributed by atoms with Crippen LogP contribution in [0.4, 0.5) is 0 Å². The van der Waals surface area contributed by atoms with Crippen molar-refractivity contribution >= 4 is 17.7 Å². The molecule has 13 heteroatoms. The lowest BCUT2D eigenvalue weighted by Gasteiger charge is -2.22. The third kappa shape index (κ3) is 5.84. The van der Waals surface area contributed by atoms with E-state index in [1.807, 2.05) is 18.2 Å². The molecule has 2 N–H and O–H groups in total. The Kier molecular flexibility index (Phi) is 8.00. The number of para-hydroxylation sites is 1. The number of ether oxygens (including phenoxy) is 4. The van der Waals surface area contributed by atoms with Crippen molar-refractivity contribution < 1.29 is 33.3 Å². The normalized spacial score (nSPS) is 18.3. The van der Waals surface area contributed by atoms with Gasteiger partial charge >= 0.3 is 0 Å². The molecule has 0 radical (unpaired) electrons. The molecule has 1 saturated heterocycles. The van der Waals surface area contributed by atoms with Crippen LogP contribution in [0.15, 0.2) is 73.3 Å². The minimum Gasteiger partial charge on any atom is -0.493 e. The summed E-state index contributed by atoms with van der Waals surface area (Å²) < 4.78 is 24.8. The summed E-state index contributed by atoms with van der Waals surface area (Å²) in [6.45, 7) is 0.330. The summed E-state index contributed by atoms with van der Waals surface area (Å²) in [6.07, 6.45) is 2.44. The van der Waals surface area contributed by atoms with Gasteiger partial charge in [0.05, 0.1) is 38.1 Å². The number of carbonyl (C=O) groups excluding carboxylic acids is 3. The van der Waals surface area contributed by atoms with Crippen molar-refractivity contribution in [2.24, 2.45) is 0 Å². The van der Waals surface area contributed by atoms with Crippen molar-refractivity contribution in [1.82, 2.24) is 30.3 Å². The molecule has 0 aliphatic carbocycles. The van der Waals surface area contributed by atoms with E-state index < -0.39 is 18.1 Å². The largest absolute Gasteiger partial charge is 0.493 e. The van der Waals surface area contributed by atoms with Crippen molar-refractivity contribution in [2.45, 2.75) is 18.7 Å². The highest BCUT2D eigenvalue weighted by atomic mass is 16.5. The Morgan fingerprint density at radius 2 is 1.73 bits per heavy atom. The van der Waals surface area contributed by atoms with Crippen LogP contribution in [0.5, 0.6) is 23.0 Å². The molecule has 0 spiro atoms. The van der Waals surface area contributed by atoms with Crippen molar-refractivity contribution in [1.29, 1.82) is 0 Å². The van der Waals surface area contributed by atoms with Gasteiger partial charge in [-0.25, -0.2) is 0 Å². The van der Waals surface area contributed by atoms with Crippen LogP contribution < -0.4 is 29.6 Å². The molecule has 3 aromatic carbocycles. The van der Waals surface area contributed by atoms with Gasteiger partial charge in [-0.15, -0.1) is 10.2 Å². The molecule has 1 fully saturated rings. The molecule has 3 aliphatic heterocycles. The molecule has 3 amide bonds. The smallest absolute Gasteiger partial charge is 0.258 e. The Morgan fingerprint density at radius 1 is 0.932 bits per heavy atom. The Balaban J connectivity index is 1.34. The lowest BCUT2D eigenvalue weighted by atomic mass is 10.1. The van der Waals surface area contributed by atoms with E-state index in [-0.39, 0.29) is 49.4 Å². The van der Waals surface area contributed by atoms with Crippen LogP contribution in [-0.4, -0.2) is 83.4 Å². The lowest BCUT2D eigenvalue weighted by molar-refractivity contribution is -0.123. The van der Waals surface area contributed by atoms with Gasteiger partial charge in [-0.1, -0.05) is 18.2 Å². The fourth-order valence-electron chi connectivity index (χ4n) is 5.23. The molecule has 0 saturated carbocycles. The second-order valence-electron chi connectivity index (χ2n) is 10.2. The molecule has 0 unspecified atom stereocenters. The van der Waals surface area contributed by atoms with Crippen LogP contribution in [0, 0.1) is 0 Å². The summed E-state index contributed by atoms with van der Waals surface area (Å²) in [5.74, 6) is 0.499. The zero-order chi connectivity index (χ0) is 30.6. The predicted molar refractivity (Wildman–Crippen MR) is 156 cm³/mol. The number of hydrogen-bond donors (Lipinski definition) is 2. The molecule has 3 aliphatic rings. The zero-order valence-electron chi connectivity index (χ0n) is 24.1. The van der Waals surface area contributed by atoms with Gasteiger partial charge in [0.25, 0.3) is 17.7 Å². The van der Waals surface area contributed by atoms with Crippen LogP contribution in [0.3, 0.4) is 0 Å². The lowest BCUT2D eigenvalue weighted by Crippen LogP contribution is -2.45. The van der Waals surface area contributed by atoms with Gasteiger partial charge in [0, 0.05) is 18.7 Å². The average molecular weight is 599 g/mol. The standard InChI is InChI=1S/C31H30N6O7/c1-41-24-10-8-20-12-27(24)43-16-29(38)32-13-19-7-9-25(26(11-19)42-2)44-28-15-36(14-22(28)35-30(20)39)31(40)21-5-3-4-6-23(21)37-17-33-34-18-37/h3-12,17-18,22,28H,13-16H2,1-2H3,(H,32,38)(H,35,39)/t22-,28-/m0/s1. The van der Waals surface area contributed by atoms with Crippen LogP contribution in [0.1, 0.15) is 26.3 Å². The summed E-state index contributed by atoms with van der Waals surface area (Å²) >= 11 is 0. The summed E-state index contributed by atoms with van der Waals surface area (Å²) in [5.41, 5.74) is 2.15. The topological polar surface area (TPSA) is 146 Å². The number of amides is 3. The van der Waals surface area contributed by atoms with Crippen LogP contribution in [-0.2, 0) is 11.3 Å². The third-order valence-corrected chi connectivity index (χ3v) is 7.48. The SMILES string of the molecule is COc1ccc2cc1OCC(=O)NCc1ccc(c(OC)c1)O[C@H]1CN(C(=O)c3ccccc3-n3cnnc3)C[C@@H]1NC2=O. The number of aromatic nitrogens is 3. The predicted octanol–water partition coefficient (Wildman–Crippen LogP) is 2.00. The van der Waals surface area contributed by atoms with E-state index in [0.717, 1.165) is 5.56 Å². The summed E-state index contributed by atoms with van der Waals surface area (Å²) in [4.78, 5) is 41.6. The third-order valence-electron chi connectivity index (χ3n) is 7.48. The number of likely N-dealkylation sites (tertiary alicyclic amines) is 1. The molecule has 44 heavy (non-hydrogen) atoms. The minimum atomic E-state index is -0.617. The van der Waals surface area contributed by atoms with E-state index in [2.05, 4.69) is 20.8 Å². The molecule has 4 aromatic rings. The number of hydrogen-bond acceptors (Lipinski definition) is 9. The first kappa shape index (κ1) is 28.5. The summed E-state index contributed by atoms with van der Waals surface area (Å²) in [6, 6.07) is 16.6. The monoisotopic (exact) mass is 598 g/mol. The van der Waals surface area contributed by atoms with Gasteiger partial charge in [-0.2, -0.15) is 0 Å². The number of methoxy groups -OCH3 is 2. The van der Waals surface area contributed by atoms with E-state index in [4.69, 9.17) is 18.9 Å². The average Bonchev–Trinajstić information content (AvgIpc) is 3.73. The molecule has 2 atom stereocenters. The van der Waals surface area contributed by atoms with Gasteiger partial charge < -0.3 is 34.5 Å². The molecule has 1 aromatic heterocycles. The number of benzene rings is 3. The Bertz CT molecular complexity index is 1690. The first-order chi connectivity index (χ1) is 21.4. The maximum absolute atomic E-state index is 13.9. The fourth-order valence-corrected chi connectivity index (χ4v) is 5.23. The van der Waals surface area contributed by atoms with Crippen LogP contribution >= 0.6 is 0 Å². The van der Waals surface area contributed by atoms with Crippen molar-refractivity contribution in [3.05, 3.63) is 90.0 Å². The first-order valence-electron chi connectivity index (χ1n) is 13.9.